The van der Waals surface area contributed by atoms with Gasteiger partial charge in [-0.2, -0.15) is 0 Å². The summed E-state index contributed by atoms with van der Waals surface area (Å²) in [6.07, 6.45) is 2.25. The van der Waals surface area contributed by atoms with Crippen molar-refractivity contribution in [2.45, 2.75) is 31.8 Å². The van der Waals surface area contributed by atoms with Gasteiger partial charge in [0, 0.05) is 42.8 Å². The van der Waals surface area contributed by atoms with Crippen molar-refractivity contribution >= 4 is 17.5 Å². The minimum Gasteiger partial charge on any atom is -0.419 e. The van der Waals surface area contributed by atoms with Crippen LogP contribution in [0.3, 0.4) is 0 Å². The zero-order valence-electron chi connectivity index (χ0n) is 15.4. The van der Waals surface area contributed by atoms with Crippen LogP contribution in [0.5, 0.6) is 0 Å². The highest BCUT2D eigenvalue weighted by atomic mass is 35.5. The van der Waals surface area contributed by atoms with Gasteiger partial charge < -0.3 is 9.73 Å². The van der Waals surface area contributed by atoms with E-state index in [1.165, 1.54) is 0 Å². The molecule has 1 aliphatic heterocycles. The first-order valence-electron chi connectivity index (χ1n) is 9.43. The van der Waals surface area contributed by atoms with E-state index in [9.17, 15) is 4.79 Å². The van der Waals surface area contributed by atoms with Gasteiger partial charge in [-0.1, -0.05) is 17.7 Å². The number of piperazine rings is 1. The molecule has 1 atom stereocenters. The minimum absolute atomic E-state index is 0.0351. The minimum atomic E-state index is 0.0351. The lowest BCUT2D eigenvalue weighted by Gasteiger charge is -2.36. The van der Waals surface area contributed by atoms with E-state index in [4.69, 9.17) is 16.0 Å². The topological polar surface area (TPSA) is 74.5 Å². The van der Waals surface area contributed by atoms with Gasteiger partial charge in [0.25, 0.3) is 0 Å². The zero-order chi connectivity index (χ0) is 18.8. The van der Waals surface area contributed by atoms with E-state index in [0.29, 0.717) is 29.4 Å². The number of hydrogen-bond donors (Lipinski definition) is 1. The normalized spacial score (nSPS) is 19.8. The van der Waals surface area contributed by atoms with Gasteiger partial charge in [-0.15, -0.1) is 10.2 Å². The molecule has 2 fully saturated rings. The van der Waals surface area contributed by atoms with E-state index >= 15 is 0 Å². The van der Waals surface area contributed by atoms with Crippen molar-refractivity contribution in [2.24, 2.45) is 0 Å². The third-order valence-corrected chi connectivity index (χ3v) is 5.37. The predicted molar refractivity (Wildman–Crippen MR) is 102 cm³/mol. The molecule has 7 nitrogen and oxygen atoms in total. The van der Waals surface area contributed by atoms with Gasteiger partial charge in [0.05, 0.1) is 12.6 Å². The van der Waals surface area contributed by atoms with Gasteiger partial charge >= 0.3 is 0 Å². The number of benzene rings is 1. The van der Waals surface area contributed by atoms with Gasteiger partial charge in [0.15, 0.2) is 0 Å². The van der Waals surface area contributed by atoms with Crippen molar-refractivity contribution in [1.29, 1.82) is 0 Å². The van der Waals surface area contributed by atoms with Crippen LogP contribution in [0.2, 0.25) is 5.02 Å². The molecule has 4 rings (SSSR count). The molecule has 1 saturated carbocycles. The van der Waals surface area contributed by atoms with E-state index < -0.39 is 0 Å². The van der Waals surface area contributed by atoms with E-state index in [1.54, 1.807) is 0 Å². The number of rotatable bonds is 6. The fourth-order valence-electron chi connectivity index (χ4n) is 3.31. The third-order valence-electron chi connectivity index (χ3n) is 5.13. The fraction of sp³-hybridized carbons (Fsp3) is 0.526. The molecule has 8 heteroatoms. The summed E-state index contributed by atoms with van der Waals surface area (Å²) < 4.78 is 5.88. The summed E-state index contributed by atoms with van der Waals surface area (Å²) in [5.74, 6) is 1.22. The zero-order valence-corrected chi connectivity index (χ0v) is 16.2. The molecule has 1 unspecified atom stereocenters. The highest BCUT2D eigenvalue weighted by Crippen LogP contribution is 2.26. The summed E-state index contributed by atoms with van der Waals surface area (Å²) in [5, 5.41) is 12.1. The molecule has 1 aromatic carbocycles. The highest BCUT2D eigenvalue weighted by Gasteiger charge is 2.28. The van der Waals surface area contributed by atoms with Crippen LogP contribution >= 0.6 is 11.6 Å². The predicted octanol–water partition coefficient (Wildman–Crippen LogP) is 2.35. The lowest BCUT2D eigenvalue weighted by atomic mass is 10.2. The maximum atomic E-state index is 12.0. The van der Waals surface area contributed by atoms with Crippen molar-refractivity contribution in [3.63, 3.8) is 0 Å². The number of nitrogens with one attached hydrogen (secondary N) is 1. The van der Waals surface area contributed by atoms with Crippen molar-refractivity contribution in [2.75, 3.05) is 32.7 Å². The average Bonchev–Trinajstić information content (AvgIpc) is 3.33. The number of halogens is 1. The summed E-state index contributed by atoms with van der Waals surface area (Å²) >= 11 is 6.04. The van der Waals surface area contributed by atoms with Crippen molar-refractivity contribution in [3.8, 4) is 11.5 Å². The Morgan fingerprint density at radius 3 is 2.78 bits per heavy atom. The lowest BCUT2D eigenvalue weighted by molar-refractivity contribution is -0.122. The Morgan fingerprint density at radius 2 is 2.07 bits per heavy atom. The SMILES string of the molecule is CC(c1nnc(-c2cccc(Cl)c2)o1)N1CCN(CC(=O)NC2CC2)CC1. The van der Waals surface area contributed by atoms with E-state index in [-0.39, 0.29) is 11.9 Å². The Kier molecular flexibility index (Phi) is 5.43. The molecule has 2 aliphatic rings. The first kappa shape index (κ1) is 18.4. The maximum absolute atomic E-state index is 12.0. The first-order valence-corrected chi connectivity index (χ1v) is 9.81. The van der Waals surface area contributed by atoms with Crippen LogP contribution < -0.4 is 5.32 Å². The molecule has 27 heavy (non-hydrogen) atoms. The number of hydrogen-bond acceptors (Lipinski definition) is 6. The Morgan fingerprint density at radius 1 is 1.30 bits per heavy atom. The summed E-state index contributed by atoms with van der Waals surface area (Å²) in [6.45, 7) is 6.01. The molecular formula is C19H24ClN5O2. The number of carbonyl (C=O) groups is 1. The molecule has 0 radical (unpaired) electrons. The molecule has 1 N–H and O–H groups in total. The summed E-state index contributed by atoms with van der Waals surface area (Å²) in [5.41, 5.74) is 0.819. The third kappa shape index (κ3) is 4.66. The second-order valence-corrected chi connectivity index (χ2v) is 7.72. The fourth-order valence-corrected chi connectivity index (χ4v) is 3.50. The number of aromatic nitrogens is 2. The summed E-state index contributed by atoms with van der Waals surface area (Å²) in [4.78, 5) is 16.5. The summed E-state index contributed by atoms with van der Waals surface area (Å²) in [6, 6.07) is 7.85. The molecule has 1 saturated heterocycles. The van der Waals surface area contributed by atoms with Crippen molar-refractivity contribution in [3.05, 3.63) is 35.2 Å². The standard InChI is InChI=1S/C19H24ClN5O2/c1-13(18-22-23-19(27-18)14-3-2-4-15(20)11-14)25-9-7-24(8-10-25)12-17(26)21-16-5-6-16/h2-4,11,13,16H,5-10,12H2,1H3,(H,21,26). The summed E-state index contributed by atoms with van der Waals surface area (Å²) in [7, 11) is 0. The largest absolute Gasteiger partial charge is 0.419 e. The van der Waals surface area contributed by atoms with Crippen LogP contribution in [0.25, 0.3) is 11.5 Å². The van der Waals surface area contributed by atoms with Gasteiger partial charge in [0.2, 0.25) is 17.7 Å². The molecule has 1 aliphatic carbocycles. The number of amides is 1. The van der Waals surface area contributed by atoms with Crippen LogP contribution in [0.4, 0.5) is 0 Å². The number of carbonyl (C=O) groups excluding carboxylic acids is 1. The molecule has 0 bridgehead atoms. The Hall–Kier alpha value is -1.96. The second-order valence-electron chi connectivity index (χ2n) is 7.29. The average molecular weight is 390 g/mol. The van der Waals surface area contributed by atoms with Crippen LogP contribution in [-0.4, -0.2) is 64.7 Å². The van der Waals surface area contributed by atoms with Gasteiger partial charge in [0.1, 0.15) is 0 Å². The molecular weight excluding hydrogens is 366 g/mol. The molecule has 2 heterocycles. The van der Waals surface area contributed by atoms with E-state index in [0.717, 1.165) is 44.6 Å². The van der Waals surface area contributed by atoms with Crippen molar-refractivity contribution in [1.82, 2.24) is 25.3 Å². The Labute approximate surface area is 163 Å². The van der Waals surface area contributed by atoms with Gasteiger partial charge in [-0.25, -0.2) is 0 Å². The first-order chi connectivity index (χ1) is 13.1. The molecule has 144 valence electrons. The van der Waals surface area contributed by atoms with Crippen LogP contribution in [0.1, 0.15) is 31.7 Å². The van der Waals surface area contributed by atoms with Gasteiger partial charge in [-0.05, 0) is 38.0 Å². The smallest absolute Gasteiger partial charge is 0.247 e. The maximum Gasteiger partial charge on any atom is 0.247 e. The number of nitrogens with zero attached hydrogens (tertiary/aromatic N) is 4. The highest BCUT2D eigenvalue weighted by molar-refractivity contribution is 6.30. The monoisotopic (exact) mass is 389 g/mol. The van der Waals surface area contributed by atoms with Crippen LogP contribution in [-0.2, 0) is 4.79 Å². The van der Waals surface area contributed by atoms with Crippen LogP contribution in [0, 0.1) is 0 Å². The van der Waals surface area contributed by atoms with E-state index in [2.05, 4.69) is 32.2 Å². The van der Waals surface area contributed by atoms with Gasteiger partial charge in [-0.3, -0.25) is 14.6 Å². The molecule has 2 aromatic rings. The van der Waals surface area contributed by atoms with E-state index in [1.807, 2.05) is 24.3 Å². The molecule has 1 amide bonds. The lowest BCUT2D eigenvalue weighted by Crippen LogP contribution is -2.50. The van der Waals surface area contributed by atoms with Crippen molar-refractivity contribution < 1.29 is 9.21 Å². The Bertz CT molecular complexity index is 799. The van der Waals surface area contributed by atoms with Crippen LogP contribution in [0.15, 0.2) is 28.7 Å². The Balaban J connectivity index is 1.31. The molecule has 1 aromatic heterocycles. The molecule has 0 spiro atoms. The second kappa shape index (κ2) is 7.96. The quantitative estimate of drug-likeness (QED) is 0.817.